The average molecular weight is 261 g/mol. The van der Waals surface area contributed by atoms with Gasteiger partial charge in [-0.15, -0.1) is 0 Å². The smallest absolute Gasteiger partial charge is 0.0700 e. The highest BCUT2D eigenvalue weighted by atomic mass is 79.9. The van der Waals surface area contributed by atoms with Crippen LogP contribution >= 0.6 is 15.9 Å². The van der Waals surface area contributed by atoms with Crippen molar-refractivity contribution in [3.05, 3.63) is 0 Å². The normalized spacial score (nSPS) is 34.9. The maximum atomic E-state index is 6.01. The molecule has 0 saturated heterocycles. The van der Waals surface area contributed by atoms with Gasteiger partial charge in [-0.1, -0.05) is 41.6 Å². The third-order valence-electron chi connectivity index (χ3n) is 3.36. The fourth-order valence-corrected chi connectivity index (χ4v) is 2.88. The second-order valence-corrected chi connectivity index (χ2v) is 6.00. The van der Waals surface area contributed by atoms with Crippen LogP contribution < -0.4 is 0 Å². The van der Waals surface area contributed by atoms with E-state index in [4.69, 9.17) is 4.74 Å². The van der Waals surface area contributed by atoms with Gasteiger partial charge in [0.1, 0.15) is 0 Å². The van der Waals surface area contributed by atoms with Crippen LogP contribution in [0.25, 0.3) is 0 Å². The fourth-order valence-electron chi connectivity index (χ4n) is 2.14. The van der Waals surface area contributed by atoms with Crippen LogP contribution in [0.4, 0.5) is 0 Å². The lowest BCUT2D eigenvalue weighted by molar-refractivity contribution is 0.0344. The Kier molecular flexibility index (Phi) is 4.30. The van der Waals surface area contributed by atoms with Gasteiger partial charge in [-0.2, -0.15) is 0 Å². The number of ether oxygens (including phenoxy) is 1. The summed E-state index contributed by atoms with van der Waals surface area (Å²) >= 11 is 3.78. The van der Waals surface area contributed by atoms with Crippen molar-refractivity contribution in [2.24, 2.45) is 5.92 Å². The molecule has 0 N–H and O–H groups in total. The van der Waals surface area contributed by atoms with Crippen molar-refractivity contribution in [2.75, 3.05) is 6.61 Å². The predicted octanol–water partition coefficient (Wildman–Crippen LogP) is 3.90. The van der Waals surface area contributed by atoms with Crippen molar-refractivity contribution in [3.8, 4) is 0 Å². The molecular weight excluding hydrogens is 240 g/mol. The standard InChI is InChI=1S/C12H21BrO/c13-11-5-3-1-2-4-6-12(11)14-9-10-7-8-10/h10-12H,1-9H2. The minimum Gasteiger partial charge on any atom is -0.377 e. The van der Waals surface area contributed by atoms with Crippen LogP contribution in [0, 0.1) is 5.92 Å². The Bertz CT molecular complexity index is 168. The van der Waals surface area contributed by atoms with Crippen molar-refractivity contribution in [2.45, 2.75) is 62.3 Å². The molecule has 14 heavy (non-hydrogen) atoms. The zero-order valence-electron chi connectivity index (χ0n) is 8.88. The predicted molar refractivity (Wildman–Crippen MR) is 62.9 cm³/mol. The van der Waals surface area contributed by atoms with E-state index in [0.717, 1.165) is 12.5 Å². The molecule has 2 fully saturated rings. The van der Waals surface area contributed by atoms with Crippen molar-refractivity contribution in [1.29, 1.82) is 0 Å². The van der Waals surface area contributed by atoms with Gasteiger partial charge in [0.2, 0.25) is 0 Å². The lowest BCUT2D eigenvalue weighted by Crippen LogP contribution is -2.26. The summed E-state index contributed by atoms with van der Waals surface area (Å²) in [4.78, 5) is 0.613. The quantitative estimate of drug-likeness (QED) is 0.700. The number of alkyl halides is 1. The molecule has 2 heteroatoms. The Morgan fingerprint density at radius 2 is 1.64 bits per heavy atom. The van der Waals surface area contributed by atoms with Gasteiger partial charge in [0.25, 0.3) is 0 Å². The van der Waals surface area contributed by atoms with E-state index < -0.39 is 0 Å². The largest absolute Gasteiger partial charge is 0.377 e. The molecule has 1 nitrogen and oxygen atoms in total. The van der Waals surface area contributed by atoms with E-state index in [0.29, 0.717) is 10.9 Å². The van der Waals surface area contributed by atoms with E-state index in [2.05, 4.69) is 15.9 Å². The van der Waals surface area contributed by atoms with Gasteiger partial charge in [-0.25, -0.2) is 0 Å². The molecule has 2 atom stereocenters. The van der Waals surface area contributed by atoms with Gasteiger partial charge in [-0.05, 0) is 31.6 Å². The monoisotopic (exact) mass is 260 g/mol. The average Bonchev–Trinajstić information content (AvgIpc) is 2.95. The molecule has 0 heterocycles. The van der Waals surface area contributed by atoms with E-state index in [1.165, 1.54) is 51.4 Å². The molecule has 0 aromatic carbocycles. The summed E-state index contributed by atoms with van der Waals surface area (Å²) < 4.78 is 6.01. The van der Waals surface area contributed by atoms with Crippen LogP contribution in [0.5, 0.6) is 0 Å². The van der Waals surface area contributed by atoms with Crippen LogP contribution in [0.3, 0.4) is 0 Å². The molecule has 2 aliphatic rings. The SMILES string of the molecule is BrC1CCCCCCC1OCC1CC1. The molecule has 0 amide bonds. The molecule has 0 spiro atoms. The number of hydrogen-bond donors (Lipinski definition) is 0. The fraction of sp³-hybridized carbons (Fsp3) is 1.00. The first-order valence-corrected chi connectivity index (χ1v) is 7.03. The van der Waals surface area contributed by atoms with E-state index >= 15 is 0 Å². The lowest BCUT2D eigenvalue weighted by Gasteiger charge is -2.25. The van der Waals surface area contributed by atoms with Crippen molar-refractivity contribution in [1.82, 2.24) is 0 Å². The van der Waals surface area contributed by atoms with E-state index in [1.54, 1.807) is 0 Å². The molecular formula is C12H21BrO. The third-order valence-corrected chi connectivity index (χ3v) is 4.41. The van der Waals surface area contributed by atoms with Crippen LogP contribution in [0.15, 0.2) is 0 Å². The summed E-state index contributed by atoms with van der Waals surface area (Å²) in [5.74, 6) is 0.903. The first-order chi connectivity index (χ1) is 6.86. The zero-order valence-corrected chi connectivity index (χ0v) is 10.5. The topological polar surface area (TPSA) is 9.23 Å². The molecule has 0 bridgehead atoms. The Hall–Kier alpha value is 0.440. The molecule has 0 aromatic heterocycles. The van der Waals surface area contributed by atoms with Gasteiger partial charge in [0, 0.05) is 11.4 Å². The van der Waals surface area contributed by atoms with E-state index in [9.17, 15) is 0 Å². The highest BCUT2D eigenvalue weighted by Gasteiger charge is 2.26. The maximum absolute atomic E-state index is 6.01. The van der Waals surface area contributed by atoms with Gasteiger partial charge >= 0.3 is 0 Å². The molecule has 2 unspecified atom stereocenters. The Morgan fingerprint density at radius 3 is 2.36 bits per heavy atom. The highest BCUT2D eigenvalue weighted by Crippen LogP contribution is 2.31. The number of rotatable bonds is 3. The third kappa shape index (κ3) is 3.54. The molecule has 0 radical (unpaired) electrons. The van der Waals surface area contributed by atoms with Gasteiger partial charge < -0.3 is 4.74 Å². The molecule has 2 saturated carbocycles. The van der Waals surface area contributed by atoms with E-state index in [1.807, 2.05) is 0 Å². The van der Waals surface area contributed by atoms with Gasteiger partial charge in [0.05, 0.1) is 6.10 Å². The van der Waals surface area contributed by atoms with Crippen LogP contribution in [-0.2, 0) is 4.74 Å². The van der Waals surface area contributed by atoms with E-state index in [-0.39, 0.29) is 0 Å². The summed E-state index contributed by atoms with van der Waals surface area (Å²) in [6.07, 6.45) is 11.4. The highest BCUT2D eigenvalue weighted by molar-refractivity contribution is 9.09. The summed E-state index contributed by atoms with van der Waals surface area (Å²) in [6.45, 7) is 1.02. The Labute approximate surface area is 95.7 Å². The van der Waals surface area contributed by atoms with Crippen LogP contribution in [0.2, 0.25) is 0 Å². The first-order valence-electron chi connectivity index (χ1n) is 6.12. The van der Waals surface area contributed by atoms with Crippen molar-refractivity contribution < 1.29 is 4.74 Å². The number of halogens is 1. The molecule has 0 aromatic rings. The second-order valence-electron chi connectivity index (χ2n) is 4.82. The Morgan fingerprint density at radius 1 is 0.929 bits per heavy atom. The maximum Gasteiger partial charge on any atom is 0.0700 e. The zero-order chi connectivity index (χ0) is 9.80. The first kappa shape index (κ1) is 10.9. The second kappa shape index (κ2) is 5.50. The molecule has 0 aliphatic heterocycles. The minimum atomic E-state index is 0.496. The minimum absolute atomic E-state index is 0.496. The molecule has 2 aliphatic carbocycles. The molecule has 2 rings (SSSR count). The number of hydrogen-bond acceptors (Lipinski definition) is 1. The van der Waals surface area contributed by atoms with Crippen LogP contribution in [0.1, 0.15) is 51.4 Å². The van der Waals surface area contributed by atoms with Crippen molar-refractivity contribution in [3.63, 3.8) is 0 Å². The van der Waals surface area contributed by atoms with Gasteiger partial charge in [-0.3, -0.25) is 0 Å². The van der Waals surface area contributed by atoms with Gasteiger partial charge in [0.15, 0.2) is 0 Å². The molecule has 82 valence electrons. The Balaban J connectivity index is 1.72. The summed E-state index contributed by atoms with van der Waals surface area (Å²) in [5.41, 5.74) is 0. The lowest BCUT2D eigenvalue weighted by atomic mass is 9.98. The summed E-state index contributed by atoms with van der Waals surface area (Å²) in [6, 6.07) is 0. The summed E-state index contributed by atoms with van der Waals surface area (Å²) in [5, 5.41) is 0. The van der Waals surface area contributed by atoms with Crippen LogP contribution in [-0.4, -0.2) is 17.5 Å². The summed E-state index contributed by atoms with van der Waals surface area (Å²) in [7, 11) is 0. The van der Waals surface area contributed by atoms with Crippen molar-refractivity contribution >= 4 is 15.9 Å².